The van der Waals surface area contributed by atoms with Gasteiger partial charge in [0.05, 0.1) is 34.8 Å². The van der Waals surface area contributed by atoms with E-state index in [0.29, 0.717) is 30.3 Å². The maximum Gasteiger partial charge on any atom is 0.277 e. The lowest BCUT2D eigenvalue weighted by molar-refractivity contribution is -0.0768. The highest BCUT2D eigenvalue weighted by Gasteiger charge is 2.28. The average molecular weight is 541 g/mol. The fourth-order valence-electron chi connectivity index (χ4n) is 5.08. The Labute approximate surface area is 224 Å². The highest BCUT2D eigenvalue weighted by molar-refractivity contribution is 7.92. The van der Waals surface area contributed by atoms with Crippen LogP contribution >= 0.6 is 0 Å². The lowest BCUT2D eigenvalue weighted by atomic mass is 9.94. The van der Waals surface area contributed by atoms with E-state index in [1.54, 1.807) is 0 Å². The molecular formula is C28H36N4O5S. The minimum atomic E-state index is -3.85. The molecule has 1 aromatic heterocycles. The van der Waals surface area contributed by atoms with Gasteiger partial charge in [-0.25, -0.2) is 18.5 Å². The molecule has 2 aliphatic rings. The van der Waals surface area contributed by atoms with Gasteiger partial charge in [0.15, 0.2) is 0 Å². The predicted octanol–water partition coefficient (Wildman–Crippen LogP) is 4.36. The maximum absolute atomic E-state index is 13.5. The second kappa shape index (κ2) is 10.3. The minimum absolute atomic E-state index is 0.111. The molecule has 1 amide bonds. The fourth-order valence-corrected chi connectivity index (χ4v) is 6.26. The molecule has 0 atom stereocenters. The maximum atomic E-state index is 13.5. The van der Waals surface area contributed by atoms with E-state index in [-0.39, 0.29) is 16.2 Å². The molecule has 204 valence electrons. The normalized spacial score (nSPS) is 17.3. The van der Waals surface area contributed by atoms with Gasteiger partial charge in [-0.1, -0.05) is 20.8 Å². The molecule has 3 aromatic rings. The molecule has 2 fully saturated rings. The number of nitrogens with zero attached hydrogens (tertiary/aromatic N) is 4. The smallest absolute Gasteiger partial charge is 0.277 e. The summed E-state index contributed by atoms with van der Waals surface area (Å²) in [4.78, 5) is 22.9. The highest BCUT2D eigenvalue weighted by atomic mass is 32.2. The monoisotopic (exact) mass is 540 g/mol. The summed E-state index contributed by atoms with van der Waals surface area (Å²) < 4.78 is 36.0. The number of aromatic nitrogens is 2. The Morgan fingerprint density at radius 1 is 1.08 bits per heavy atom. The van der Waals surface area contributed by atoms with E-state index < -0.39 is 10.0 Å². The van der Waals surface area contributed by atoms with Crippen molar-refractivity contribution < 1.29 is 22.8 Å². The number of anilines is 1. The van der Waals surface area contributed by atoms with Crippen molar-refractivity contribution in [2.75, 3.05) is 37.7 Å². The van der Waals surface area contributed by atoms with E-state index in [4.69, 9.17) is 14.6 Å². The van der Waals surface area contributed by atoms with Crippen LogP contribution < -0.4 is 4.31 Å². The third-order valence-corrected chi connectivity index (χ3v) is 9.09. The number of fused-ring (bicyclic) bond motifs is 1. The Balaban J connectivity index is 1.42. The summed E-state index contributed by atoms with van der Waals surface area (Å²) >= 11 is 0. The van der Waals surface area contributed by atoms with Gasteiger partial charge in [0, 0.05) is 37.8 Å². The van der Waals surface area contributed by atoms with E-state index in [2.05, 4.69) is 25.3 Å². The lowest BCUT2D eigenvalue weighted by Gasteiger charge is -2.26. The van der Waals surface area contributed by atoms with Gasteiger partial charge in [-0.3, -0.25) is 13.9 Å². The van der Waals surface area contributed by atoms with E-state index in [1.165, 1.54) is 40.7 Å². The Bertz CT molecular complexity index is 1410. The van der Waals surface area contributed by atoms with Gasteiger partial charge < -0.3 is 9.30 Å². The number of carbonyl (C=O) groups excluding carboxylic acids is 1. The SMILES string of the molecule is CN(c1ccc2c(c1)nc(C(C)(C)C)n2CC1CCOCC1)S(=O)(=O)c1ccc(C(=O)N2CCCO2)cc1. The molecule has 0 bridgehead atoms. The van der Waals surface area contributed by atoms with Crippen molar-refractivity contribution >= 4 is 32.7 Å². The number of rotatable bonds is 6. The quantitative estimate of drug-likeness (QED) is 0.461. The second-order valence-corrected chi connectivity index (χ2v) is 13.1. The number of benzene rings is 2. The van der Waals surface area contributed by atoms with E-state index in [9.17, 15) is 13.2 Å². The Morgan fingerprint density at radius 2 is 1.79 bits per heavy atom. The number of carbonyl (C=O) groups is 1. The third kappa shape index (κ3) is 5.17. The molecule has 0 unspecified atom stereocenters. The number of hydroxylamine groups is 2. The van der Waals surface area contributed by atoms with Crippen LogP contribution in [-0.2, 0) is 31.6 Å². The van der Waals surface area contributed by atoms with Crippen molar-refractivity contribution in [3.8, 4) is 0 Å². The highest BCUT2D eigenvalue weighted by Crippen LogP contribution is 2.32. The molecule has 5 rings (SSSR count). The van der Waals surface area contributed by atoms with Crippen LogP contribution in [0.5, 0.6) is 0 Å². The van der Waals surface area contributed by atoms with Crippen molar-refractivity contribution in [3.63, 3.8) is 0 Å². The number of ether oxygens (including phenoxy) is 1. The molecule has 3 heterocycles. The summed E-state index contributed by atoms with van der Waals surface area (Å²) in [7, 11) is -2.31. The predicted molar refractivity (Wildman–Crippen MR) is 146 cm³/mol. The molecule has 2 aliphatic heterocycles. The van der Waals surface area contributed by atoms with Crippen molar-refractivity contribution in [2.24, 2.45) is 5.92 Å². The van der Waals surface area contributed by atoms with E-state index >= 15 is 0 Å². The molecular weight excluding hydrogens is 504 g/mol. The number of hydrogen-bond donors (Lipinski definition) is 0. The molecule has 2 aromatic carbocycles. The zero-order valence-electron chi connectivity index (χ0n) is 22.5. The molecule has 0 spiro atoms. The largest absolute Gasteiger partial charge is 0.381 e. The zero-order chi connectivity index (χ0) is 27.1. The van der Waals surface area contributed by atoms with Crippen LogP contribution in [0.1, 0.15) is 56.2 Å². The third-order valence-electron chi connectivity index (χ3n) is 7.29. The van der Waals surface area contributed by atoms with Crippen LogP contribution in [0.2, 0.25) is 0 Å². The first-order valence-electron chi connectivity index (χ1n) is 13.2. The Kier molecular flexibility index (Phi) is 7.23. The minimum Gasteiger partial charge on any atom is -0.381 e. The first-order valence-corrected chi connectivity index (χ1v) is 14.6. The molecule has 0 N–H and O–H groups in total. The van der Waals surface area contributed by atoms with Gasteiger partial charge in [0.25, 0.3) is 15.9 Å². The van der Waals surface area contributed by atoms with Crippen molar-refractivity contribution in [1.82, 2.24) is 14.6 Å². The van der Waals surface area contributed by atoms with Crippen molar-refractivity contribution in [1.29, 1.82) is 0 Å². The van der Waals surface area contributed by atoms with Gasteiger partial charge in [-0.15, -0.1) is 0 Å². The van der Waals surface area contributed by atoms with E-state index in [1.807, 2.05) is 18.2 Å². The fraction of sp³-hybridized carbons (Fsp3) is 0.500. The Hall–Kier alpha value is -2.95. The first kappa shape index (κ1) is 26.6. The van der Waals surface area contributed by atoms with Gasteiger partial charge in [-0.05, 0) is 67.6 Å². The summed E-state index contributed by atoms with van der Waals surface area (Å²) in [5.41, 5.74) is 2.52. The summed E-state index contributed by atoms with van der Waals surface area (Å²) in [5, 5.41) is 1.32. The van der Waals surface area contributed by atoms with Crippen molar-refractivity contribution in [3.05, 3.63) is 53.9 Å². The van der Waals surface area contributed by atoms with Crippen LogP contribution in [-0.4, -0.2) is 62.4 Å². The van der Waals surface area contributed by atoms with Gasteiger partial charge in [0.1, 0.15) is 5.82 Å². The number of amides is 1. The molecule has 2 saturated heterocycles. The van der Waals surface area contributed by atoms with E-state index in [0.717, 1.165) is 55.9 Å². The molecule has 9 nitrogen and oxygen atoms in total. The second-order valence-electron chi connectivity index (χ2n) is 11.1. The number of imidazole rings is 1. The molecule has 10 heteroatoms. The van der Waals surface area contributed by atoms with Gasteiger partial charge in [-0.2, -0.15) is 0 Å². The topological polar surface area (TPSA) is 94.0 Å². The standard InChI is InChI=1S/C28H36N4O5S/c1-28(2,3)27-29-24-18-22(8-11-25(24)31(27)19-20-12-16-36-17-13-20)30(4)38(34,35)23-9-6-21(7-10-23)26(33)32-14-5-15-37-32/h6-11,18,20H,5,12-17,19H2,1-4H3. The number of sulfonamides is 1. The van der Waals surface area contributed by atoms with Crippen LogP contribution in [0.3, 0.4) is 0 Å². The zero-order valence-corrected chi connectivity index (χ0v) is 23.3. The molecule has 0 radical (unpaired) electrons. The van der Waals surface area contributed by atoms with Crippen LogP contribution in [0.25, 0.3) is 11.0 Å². The first-order chi connectivity index (χ1) is 18.1. The summed E-state index contributed by atoms with van der Waals surface area (Å²) in [6.45, 7) is 9.94. The van der Waals surface area contributed by atoms with Crippen LogP contribution in [0, 0.1) is 5.92 Å². The van der Waals surface area contributed by atoms with Crippen molar-refractivity contribution in [2.45, 2.75) is 56.9 Å². The average Bonchev–Trinajstić information content (AvgIpc) is 3.57. The van der Waals surface area contributed by atoms with Gasteiger partial charge in [0.2, 0.25) is 0 Å². The van der Waals surface area contributed by atoms with Gasteiger partial charge >= 0.3 is 0 Å². The summed E-state index contributed by atoms with van der Waals surface area (Å²) in [6.07, 6.45) is 2.84. The Morgan fingerprint density at radius 3 is 2.42 bits per heavy atom. The molecule has 0 aliphatic carbocycles. The summed E-state index contributed by atoms with van der Waals surface area (Å²) in [6, 6.07) is 11.6. The number of hydrogen-bond acceptors (Lipinski definition) is 6. The van der Waals surface area contributed by atoms with Crippen LogP contribution in [0.15, 0.2) is 47.4 Å². The summed E-state index contributed by atoms with van der Waals surface area (Å²) in [5.74, 6) is 1.25. The van der Waals surface area contributed by atoms with Crippen LogP contribution in [0.4, 0.5) is 5.69 Å². The molecule has 0 saturated carbocycles. The lowest BCUT2D eigenvalue weighted by Crippen LogP contribution is -2.28. The molecule has 38 heavy (non-hydrogen) atoms.